The van der Waals surface area contributed by atoms with Gasteiger partial charge in [-0.05, 0) is 32.1 Å². The summed E-state index contributed by atoms with van der Waals surface area (Å²) in [6.45, 7) is 2.17. The summed E-state index contributed by atoms with van der Waals surface area (Å²) in [7, 11) is 1.84. The smallest absolute Gasteiger partial charge is 0.319 e. The van der Waals surface area contributed by atoms with Crippen LogP contribution in [0.5, 0.6) is 0 Å². The summed E-state index contributed by atoms with van der Waals surface area (Å²) in [5, 5.41) is 7.06. The van der Waals surface area contributed by atoms with E-state index in [0.29, 0.717) is 18.0 Å². The molecule has 1 aromatic rings. The molecule has 1 aliphatic heterocycles. The Morgan fingerprint density at radius 2 is 2.21 bits per heavy atom. The molecule has 3 rings (SSSR count). The number of likely N-dealkylation sites (tertiary alicyclic amines) is 1. The van der Waals surface area contributed by atoms with E-state index in [2.05, 4.69) is 22.2 Å². The van der Waals surface area contributed by atoms with Gasteiger partial charge in [0.1, 0.15) is 5.82 Å². The molecule has 19 heavy (non-hydrogen) atoms. The second kappa shape index (κ2) is 4.87. The summed E-state index contributed by atoms with van der Waals surface area (Å²) in [6, 6.07) is 2.65. The third kappa shape index (κ3) is 2.22. The molecule has 2 amide bonds. The molecule has 2 heterocycles. The molecule has 1 N–H and O–H groups in total. The normalized spacial score (nSPS) is 30.2. The molecule has 1 saturated heterocycles. The van der Waals surface area contributed by atoms with Gasteiger partial charge in [0.15, 0.2) is 0 Å². The van der Waals surface area contributed by atoms with Gasteiger partial charge in [0, 0.05) is 25.2 Å². The Labute approximate surface area is 114 Å². The van der Waals surface area contributed by atoms with E-state index >= 15 is 0 Å². The van der Waals surface area contributed by atoms with E-state index in [1.54, 1.807) is 10.9 Å². The first-order valence-corrected chi connectivity index (χ1v) is 7.24. The molecule has 5 heteroatoms. The van der Waals surface area contributed by atoms with Gasteiger partial charge < -0.3 is 4.90 Å². The van der Waals surface area contributed by atoms with Crippen LogP contribution in [0.2, 0.25) is 0 Å². The minimum atomic E-state index is 0.0329. The fourth-order valence-electron chi connectivity index (χ4n) is 3.73. The number of nitrogens with zero attached hydrogens (tertiary/aromatic N) is 3. The number of aromatic nitrogens is 2. The summed E-state index contributed by atoms with van der Waals surface area (Å²) >= 11 is 0. The van der Waals surface area contributed by atoms with Gasteiger partial charge in [-0.3, -0.25) is 10.00 Å². The minimum Gasteiger partial charge on any atom is -0.319 e. The van der Waals surface area contributed by atoms with E-state index < -0.39 is 0 Å². The fourth-order valence-corrected chi connectivity index (χ4v) is 3.73. The zero-order valence-electron chi connectivity index (χ0n) is 11.7. The van der Waals surface area contributed by atoms with Crippen LogP contribution in [0.15, 0.2) is 12.3 Å². The Balaban J connectivity index is 1.73. The predicted octanol–water partition coefficient (Wildman–Crippen LogP) is 2.61. The van der Waals surface area contributed by atoms with Crippen LogP contribution in [0.3, 0.4) is 0 Å². The van der Waals surface area contributed by atoms with Crippen LogP contribution >= 0.6 is 0 Å². The number of fused-ring (bicyclic) bond motifs is 1. The molecule has 0 spiro atoms. The van der Waals surface area contributed by atoms with Gasteiger partial charge >= 0.3 is 6.03 Å². The monoisotopic (exact) mass is 262 g/mol. The van der Waals surface area contributed by atoms with Crippen LogP contribution in [-0.2, 0) is 7.05 Å². The van der Waals surface area contributed by atoms with Crippen LogP contribution in [0, 0.1) is 5.92 Å². The van der Waals surface area contributed by atoms with Crippen molar-refractivity contribution in [2.75, 3.05) is 5.32 Å². The maximum Gasteiger partial charge on any atom is 0.323 e. The first kappa shape index (κ1) is 12.5. The highest BCUT2D eigenvalue weighted by Gasteiger charge is 2.42. The number of hydrogen-bond donors (Lipinski definition) is 1. The highest BCUT2D eigenvalue weighted by atomic mass is 16.2. The number of anilines is 1. The molecular formula is C14H22N4O. The summed E-state index contributed by atoms with van der Waals surface area (Å²) in [5.41, 5.74) is 0. The third-order valence-electron chi connectivity index (χ3n) is 4.64. The molecule has 5 nitrogen and oxygen atoms in total. The Morgan fingerprint density at radius 1 is 1.42 bits per heavy atom. The topological polar surface area (TPSA) is 50.2 Å². The lowest BCUT2D eigenvalue weighted by molar-refractivity contribution is 0.167. The van der Waals surface area contributed by atoms with Crippen molar-refractivity contribution < 1.29 is 4.79 Å². The van der Waals surface area contributed by atoms with E-state index in [-0.39, 0.29) is 6.03 Å². The first-order chi connectivity index (χ1) is 9.16. The lowest BCUT2D eigenvalue weighted by Crippen LogP contribution is -2.44. The highest BCUT2D eigenvalue weighted by Crippen LogP contribution is 2.39. The fraction of sp³-hybridized carbons (Fsp3) is 0.714. The Morgan fingerprint density at radius 3 is 2.95 bits per heavy atom. The number of nitrogens with one attached hydrogen (secondary N) is 1. The number of rotatable bonds is 1. The van der Waals surface area contributed by atoms with Gasteiger partial charge in [0.05, 0.1) is 6.20 Å². The Kier molecular flexibility index (Phi) is 3.21. The predicted molar refractivity (Wildman–Crippen MR) is 73.9 cm³/mol. The van der Waals surface area contributed by atoms with Gasteiger partial charge in [0.2, 0.25) is 0 Å². The van der Waals surface area contributed by atoms with Gasteiger partial charge in [-0.15, -0.1) is 0 Å². The van der Waals surface area contributed by atoms with Crippen molar-refractivity contribution in [1.29, 1.82) is 0 Å². The van der Waals surface area contributed by atoms with Gasteiger partial charge in [-0.1, -0.05) is 12.8 Å². The molecule has 1 aromatic heterocycles. The van der Waals surface area contributed by atoms with Crippen LogP contribution in [0.25, 0.3) is 0 Å². The van der Waals surface area contributed by atoms with Crippen LogP contribution in [-0.4, -0.2) is 32.8 Å². The van der Waals surface area contributed by atoms with E-state index in [0.717, 1.165) is 18.7 Å². The quantitative estimate of drug-likeness (QED) is 0.845. The van der Waals surface area contributed by atoms with Crippen molar-refractivity contribution in [3.63, 3.8) is 0 Å². The average molecular weight is 262 g/mol. The van der Waals surface area contributed by atoms with Crippen molar-refractivity contribution in [2.24, 2.45) is 13.0 Å². The molecular weight excluding hydrogens is 240 g/mol. The summed E-state index contributed by atoms with van der Waals surface area (Å²) < 4.78 is 1.69. The summed E-state index contributed by atoms with van der Waals surface area (Å²) in [6.07, 6.45) is 7.88. The molecule has 0 bridgehead atoms. The minimum absolute atomic E-state index is 0.0329. The van der Waals surface area contributed by atoms with Crippen LogP contribution < -0.4 is 5.32 Å². The first-order valence-electron chi connectivity index (χ1n) is 7.24. The van der Waals surface area contributed by atoms with Crippen molar-refractivity contribution in [3.8, 4) is 0 Å². The maximum atomic E-state index is 12.5. The van der Waals surface area contributed by atoms with E-state index in [1.165, 1.54) is 19.3 Å². The number of amides is 2. The largest absolute Gasteiger partial charge is 0.323 e. The van der Waals surface area contributed by atoms with Crippen LogP contribution in [0.1, 0.15) is 39.0 Å². The maximum absolute atomic E-state index is 12.5. The van der Waals surface area contributed by atoms with Gasteiger partial charge in [0.25, 0.3) is 0 Å². The molecule has 0 radical (unpaired) electrons. The lowest BCUT2D eigenvalue weighted by atomic mass is 9.85. The number of urea groups is 1. The van der Waals surface area contributed by atoms with E-state index in [1.807, 2.05) is 13.1 Å². The van der Waals surface area contributed by atoms with Crippen LogP contribution in [0.4, 0.5) is 10.6 Å². The van der Waals surface area contributed by atoms with E-state index in [4.69, 9.17) is 0 Å². The Hall–Kier alpha value is -1.52. The SMILES string of the molecule is C[C@@H]1C[C@H]2CCCC[C@@H]2N1C(=O)Nc1ccnn1C. The van der Waals surface area contributed by atoms with Crippen molar-refractivity contribution in [2.45, 2.75) is 51.1 Å². The van der Waals surface area contributed by atoms with Gasteiger partial charge in [-0.2, -0.15) is 5.10 Å². The molecule has 2 aliphatic rings. The summed E-state index contributed by atoms with van der Waals surface area (Å²) in [4.78, 5) is 14.6. The molecule has 0 aromatic carbocycles. The molecule has 3 atom stereocenters. The Bertz CT molecular complexity index is 470. The standard InChI is InChI=1S/C14H22N4O/c1-10-9-11-5-3-4-6-12(11)18(10)14(19)16-13-7-8-15-17(13)2/h7-8,10-12H,3-6,9H2,1-2H3,(H,16,19)/t10-,11-,12+/m1/s1. The average Bonchev–Trinajstić information content (AvgIpc) is 2.92. The molecule has 1 saturated carbocycles. The zero-order chi connectivity index (χ0) is 13.4. The summed E-state index contributed by atoms with van der Waals surface area (Å²) in [5.74, 6) is 1.47. The van der Waals surface area contributed by atoms with Crippen molar-refractivity contribution in [1.82, 2.24) is 14.7 Å². The number of aryl methyl sites for hydroxylation is 1. The second-order valence-electron chi connectivity index (χ2n) is 5.87. The third-order valence-corrected chi connectivity index (χ3v) is 4.64. The highest BCUT2D eigenvalue weighted by molar-refractivity contribution is 5.89. The number of hydrogen-bond acceptors (Lipinski definition) is 2. The molecule has 0 unspecified atom stereocenters. The molecule has 1 aliphatic carbocycles. The lowest BCUT2D eigenvalue weighted by Gasteiger charge is -2.33. The number of carbonyl (C=O) groups excluding carboxylic acids is 1. The zero-order valence-corrected chi connectivity index (χ0v) is 11.7. The van der Waals surface area contributed by atoms with Crippen molar-refractivity contribution in [3.05, 3.63) is 12.3 Å². The van der Waals surface area contributed by atoms with E-state index in [9.17, 15) is 4.79 Å². The molecule has 2 fully saturated rings. The van der Waals surface area contributed by atoms with Crippen molar-refractivity contribution >= 4 is 11.8 Å². The second-order valence-corrected chi connectivity index (χ2v) is 5.87. The van der Waals surface area contributed by atoms with Gasteiger partial charge in [-0.25, -0.2) is 4.79 Å². The number of carbonyl (C=O) groups is 1. The molecule has 104 valence electrons.